The van der Waals surface area contributed by atoms with E-state index in [1.807, 2.05) is 19.1 Å². The van der Waals surface area contributed by atoms with E-state index in [9.17, 15) is 19.2 Å². The van der Waals surface area contributed by atoms with Crippen LogP contribution in [0.5, 0.6) is 0 Å². The second-order valence-electron chi connectivity index (χ2n) is 7.18. The summed E-state index contributed by atoms with van der Waals surface area (Å²) in [5, 5.41) is 6.81. The van der Waals surface area contributed by atoms with Crippen LogP contribution in [0.4, 0.5) is 4.79 Å². The molecule has 1 heterocycles. The van der Waals surface area contributed by atoms with Gasteiger partial charge in [0.15, 0.2) is 5.78 Å². The molecule has 3 amide bonds. The van der Waals surface area contributed by atoms with Crippen molar-refractivity contribution in [2.75, 3.05) is 13.1 Å². The van der Waals surface area contributed by atoms with E-state index in [0.717, 1.165) is 10.9 Å². The number of pyridine rings is 1. The van der Waals surface area contributed by atoms with Crippen LogP contribution in [0.25, 0.3) is 10.8 Å². The van der Waals surface area contributed by atoms with Crippen LogP contribution < -0.4 is 16.2 Å². The molecule has 3 rings (SSSR count). The molecule has 1 aromatic carbocycles. The number of benzene rings is 1. The molecular formula is C22H23ClN4O4. The van der Waals surface area contributed by atoms with Crippen LogP contribution in [0.2, 0.25) is 0 Å². The maximum Gasteiger partial charge on any atom is 0.318 e. The van der Waals surface area contributed by atoms with Crippen LogP contribution in [0, 0.1) is 0 Å². The highest BCUT2D eigenvalue weighted by Gasteiger charge is 2.25. The van der Waals surface area contributed by atoms with E-state index >= 15 is 0 Å². The Morgan fingerprint density at radius 1 is 1.23 bits per heavy atom. The standard InChI is InChI=1S/C22H23ClN4O4/c1-13(18-12-25-21(30)17-6-4-3-5-16(17)18)27(10-9-24-14(2)28)22(31)26-15-7-8-20(29)19(23)11-15/h3-8,11-13,15H,9-10H2,1-2H3,(H,24,28)(H,25,30)(H,26,31). The van der Waals surface area contributed by atoms with Gasteiger partial charge < -0.3 is 20.5 Å². The molecule has 8 nitrogen and oxygen atoms in total. The molecule has 0 bridgehead atoms. The third kappa shape index (κ3) is 5.21. The number of aromatic amines is 1. The van der Waals surface area contributed by atoms with Gasteiger partial charge in [0.05, 0.1) is 17.1 Å². The van der Waals surface area contributed by atoms with Crippen LogP contribution >= 0.6 is 11.6 Å². The van der Waals surface area contributed by atoms with Gasteiger partial charge in [0, 0.05) is 31.6 Å². The van der Waals surface area contributed by atoms with Crippen molar-refractivity contribution in [3.05, 3.63) is 69.6 Å². The average molecular weight is 443 g/mol. The molecule has 1 aliphatic rings. The molecule has 1 aromatic heterocycles. The number of hydrogen-bond acceptors (Lipinski definition) is 4. The lowest BCUT2D eigenvalue weighted by atomic mass is 10.0. The predicted molar refractivity (Wildman–Crippen MR) is 119 cm³/mol. The van der Waals surface area contributed by atoms with E-state index in [0.29, 0.717) is 5.39 Å². The first-order valence-electron chi connectivity index (χ1n) is 9.79. The third-order valence-electron chi connectivity index (χ3n) is 5.05. The second-order valence-corrected chi connectivity index (χ2v) is 7.59. The Kier molecular flexibility index (Phi) is 6.91. The summed E-state index contributed by atoms with van der Waals surface area (Å²) < 4.78 is 0. The van der Waals surface area contributed by atoms with Crippen molar-refractivity contribution in [2.45, 2.75) is 25.9 Å². The zero-order chi connectivity index (χ0) is 22.5. The lowest BCUT2D eigenvalue weighted by Crippen LogP contribution is -2.47. The third-order valence-corrected chi connectivity index (χ3v) is 5.37. The molecule has 2 atom stereocenters. The van der Waals surface area contributed by atoms with Gasteiger partial charge in [0.1, 0.15) is 0 Å². The van der Waals surface area contributed by atoms with Gasteiger partial charge in [0.2, 0.25) is 5.91 Å². The Balaban J connectivity index is 1.89. The zero-order valence-corrected chi connectivity index (χ0v) is 17.9. The maximum absolute atomic E-state index is 13.1. The first-order valence-corrected chi connectivity index (χ1v) is 10.2. The molecule has 0 saturated heterocycles. The largest absolute Gasteiger partial charge is 0.355 e. The summed E-state index contributed by atoms with van der Waals surface area (Å²) in [4.78, 5) is 52.4. The molecule has 31 heavy (non-hydrogen) atoms. The van der Waals surface area contributed by atoms with E-state index in [4.69, 9.17) is 11.6 Å². The fourth-order valence-electron chi connectivity index (χ4n) is 3.45. The summed E-state index contributed by atoms with van der Waals surface area (Å²) in [6.45, 7) is 3.73. The Morgan fingerprint density at radius 2 is 1.94 bits per heavy atom. The van der Waals surface area contributed by atoms with Crippen molar-refractivity contribution in [2.24, 2.45) is 0 Å². The molecule has 0 aliphatic heterocycles. The van der Waals surface area contributed by atoms with Crippen molar-refractivity contribution in [3.8, 4) is 0 Å². The van der Waals surface area contributed by atoms with E-state index in [-0.39, 0.29) is 35.4 Å². The molecular weight excluding hydrogens is 420 g/mol. The minimum atomic E-state index is -0.541. The van der Waals surface area contributed by atoms with Crippen molar-refractivity contribution >= 4 is 40.1 Å². The first-order chi connectivity index (χ1) is 14.8. The molecule has 0 spiro atoms. The molecule has 2 aromatic rings. The molecule has 0 fully saturated rings. The normalized spacial score (nSPS) is 16.5. The monoisotopic (exact) mass is 442 g/mol. The van der Waals surface area contributed by atoms with Gasteiger partial charge in [-0.3, -0.25) is 14.4 Å². The summed E-state index contributed by atoms with van der Waals surface area (Å²) in [6.07, 6.45) is 5.93. The van der Waals surface area contributed by atoms with Gasteiger partial charge in [-0.25, -0.2) is 4.79 Å². The minimum Gasteiger partial charge on any atom is -0.355 e. The maximum atomic E-state index is 13.1. The topological polar surface area (TPSA) is 111 Å². The van der Waals surface area contributed by atoms with E-state index in [1.165, 1.54) is 19.1 Å². The summed E-state index contributed by atoms with van der Waals surface area (Å²) >= 11 is 5.90. The van der Waals surface area contributed by atoms with Gasteiger partial charge >= 0.3 is 6.03 Å². The quantitative estimate of drug-likeness (QED) is 0.637. The van der Waals surface area contributed by atoms with Crippen LogP contribution in [0.15, 0.2) is 58.5 Å². The lowest BCUT2D eigenvalue weighted by Gasteiger charge is -2.31. The van der Waals surface area contributed by atoms with Gasteiger partial charge in [-0.15, -0.1) is 0 Å². The first kappa shape index (κ1) is 22.3. The summed E-state index contributed by atoms with van der Waals surface area (Å²) in [5.74, 6) is -0.520. The molecule has 2 unspecified atom stereocenters. The number of urea groups is 1. The fraction of sp³-hybridized carbons (Fsp3) is 0.273. The average Bonchev–Trinajstić information content (AvgIpc) is 2.73. The Hall–Kier alpha value is -3.39. The zero-order valence-electron chi connectivity index (χ0n) is 17.1. The van der Waals surface area contributed by atoms with Crippen molar-refractivity contribution in [3.63, 3.8) is 0 Å². The summed E-state index contributed by atoms with van der Waals surface area (Å²) in [5.41, 5.74) is 0.550. The number of aromatic nitrogens is 1. The van der Waals surface area contributed by atoms with Gasteiger partial charge in [0.25, 0.3) is 5.56 Å². The summed E-state index contributed by atoms with van der Waals surface area (Å²) in [6, 6.07) is 5.79. The molecule has 0 saturated carbocycles. The lowest BCUT2D eigenvalue weighted by molar-refractivity contribution is -0.119. The number of ketones is 1. The molecule has 3 N–H and O–H groups in total. The predicted octanol–water partition coefficient (Wildman–Crippen LogP) is 2.37. The number of carbonyl (C=O) groups excluding carboxylic acids is 3. The van der Waals surface area contributed by atoms with Gasteiger partial charge in [-0.2, -0.15) is 0 Å². The van der Waals surface area contributed by atoms with Crippen LogP contribution in [-0.2, 0) is 9.59 Å². The number of hydrogen-bond donors (Lipinski definition) is 3. The van der Waals surface area contributed by atoms with Crippen molar-refractivity contribution in [1.82, 2.24) is 20.5 Å². The highest BCUT2D eigenvalue weighted by Crippen LogP contribution is 2.26. The van der Waals surface area contributed by atoms with E-state index in [1.54, 1.807) is 29.3 Å². The molecule has 0 radical (unpaired) electrons. The van der Waals surface area contributed by atoms with E-state index < -0.39 is 18.1 Å². The van der Waals surface area contributed by atoms with Crippen LogP contribution in [-0.4, -0.2) is 46.7 Å². The second kappa shape index (κ2) is 9.61. The number of allylic oxidation sites excluding steroid dienone is 2. The number of rotatable bonds is 6. The van der Waals surface area contributed by atoms with Gasteiger partial charge in [-0.1, -0.05) is 35.9 Å². The number of nitrogens with zero attached hydrogens (tertiary/aromatic N) is 1. The van der Waals surface area contributed by atoms with Crippen molar-refractivity contribution < 1.29 is 14.4 Å². The Bertz CT molecular complexity index is 1140. The number of amides is 3. The van der Waals surface area contributed by atoms with Crippen LogP contribution in [0.1, 0.15) is 25.5 Å². The number of H-pyrrole nitrogens is 1. The fourth-order valence-corrected chi connectivity index (χ4v) is 3.65. The SMILES string of the molecule is CC(=O)NCCN(C(=O)NC1C=CC(=O)C(Cl)=C1)C(C)c1c[nH]c(=O)c2ccccc12. The molecule has 1 aliphatic carbocycles. The number of nitrogens with one attached hydrogen (secondary N) is 3. The number of carbonyl (C=O) groups is 3. The summed E-state index contributed by atoms with van der Waals surface area (Å²) in [7, 11) is 0. The molecule has 162 valence electrons. The number of halogens is 1. The number of fused-ring (bicyclic) bond motifs is 1. The van der Waals surface area contributed by atoms with E-state index in [2.05, 4.69) is 15.6 Å². The Labute approximate surface area is 184 Å². The highest BCUT2D eigenvalue weighted by atomic mass is 35.5. The molecule has 9 heteroatoms. The highest BCUT2D eigenvalue weighted by molar-refractivity contribution is 6.44. The van der Waals surface area contributed by atoms with Gasteiger partial charge in [-0.05, 0) is 36.1 Å². The minimum absolute atomic E-state index is 0.0391. The smallest absolute Gasteiger partial charge is 0.318 e. The van der Waals surface area contributed by atoms with Crippen LogP contribution in [0.3, 0.4) is 0 Å². The van der Waals surface area contributed by atoms with Crippen molar-refractivity contribution in [1.29, 1.82) is 0 Å². The Morgan fingerprint density at radius 3 is 2.61 bits per heavy atom.